The van der Waals surface area contributed by atoms with Gasteiger partial charge in [-0.15, -0.1) is 0 Å². The Morgan fingerprint density at radius 1 is 1.40 bits per heavy atom. The zero-order valence-electron chi connectivity index (χ0n) is 11.7. The lowest BCUT2D eigenvalue weighted by Gasteiger charge is -2.14. The van der Waals surface area contributed by atoms with Crippen molar-refractivity contribution in [2.75, 3.05) is 20.2 Å². The van der Waals surface area contributed by atoms with E-state index in [4.69, 9.17) is 9.26 Å². The minimum Gasteiger partial charge on any atom is -0.481 e. The van der Waals surface area contributed by atoms with Crippen LogP contribution in [0.15, 0.2) is 22.7 Å². The molecule has 0 radical (unpaired) electrons. The van der Waals surface area contributed by atoms with Crippen molar-refractivity contribution in [3.05, 3.63) is 35.6 Å². The van der Waals surface area contributed by atoms with Crippen molar-refractivity contribution in [2.45, 2.75) is 25.8 Å². The third-order valence-corrected chi connectivity index (χ3v) is 3.54. The van der Waals surface area contributed by atoms with Crippen molar-refractivity contribution in [3.63, 3.8) is 0 Å². The zero-order chi connectivity index (χ0) is 13.9. The molecule has 20 heavy (non-hydrogen) atoms. The van der Waals surface area contributed by atoms with Gasteiger partial charge in [-0.2, -0.15) is 4.98 Å². The Morgan fingerprint density at radius 3 is 3.05 bits per heavy atom. The second-order valence-electron chi connectivity index (χ2n) is 5.07. The summed E-state index contributed by atoms with van der Waals surface area (Å²) in [6.45, 7) is 4.62. The molecule has 0 N–H and O–H groups in total. The Morgan fingerprint density at radius 2 is 2.30 bits per heavy atom. The summed E-state index contributed by atoms with van der Waals surface area (Å²) in [5, 5.41) is 3.86. The fourth-order valence-corrected chi connectivity index (χ4v) is 2.55. The van der Waals surface area contributed by atoms with Crippen LogP contribution in [0.25, 0.3) is 0 Å². The lowest BCUT2D eigenvalue weighted by atomic mass is 10.1. The fourth-order valence-electron chi connectivity index (χ4n) is 2.55. The van der Waals surface area contributed by atoms with Crippen molar-refractivity contribution in [3.8, 4) is 5.88 Å². The summed E-state index contributed by atoms with van der Waals surface area (Å²) >= 11 is 0. The van der Waals surface area contributed by atoms with Gasteiger partial charge in [0.25, 0.3) is 0 Å². The van der Waals surface area contributed by atoms with E-state index in [1.807, 2.05) is 25.1 Å². The first-order valence-corrected chi connectivity index (χ1v) is 6.77. The smallest absolute Gasteiger partial charge is 0.231 e. The molecule has 106 valence electrons. The van der Waals surface area contributed by atoms with Gasteiger partial charge in [-0.05, 0) is 26.0 Å². The molecule has 0 aromatic carbocycles. The molecule has 0 spiro atoms. The molecule has 1 aliphatic rings. The van der Waals surface area contributed by atoms with E-state index in [0.717, 1.165) is 37.6 Å². The van der Waals surface area contributed by atoms with Gasteiger partial charge in [-0.25, -0.2) is 4.98 Å². The minimum absolute atomic E-state index is 0.335. The summed E-state index contributed by atoms with van der Waals surface area (Å²) in [4.78, 5) is 11.1. The zero-order valence-corrected chi connectivity index (χ0v) is 11.7. The summed E-state index contributed by atoms with van der Waals surface area (Å²) < 4.78 is 10.4. The van der Waals surface area contributed by atoms with E-state index in [-0.39, 0.29) is 0 Å². The second-order valence-corrected chi connectivity index (χ2v) is 5.07. The van der Waals surface area contributed by atoms with Gasteiger partial charge < -0.3 is 9.26 Å². The third kappa shape index (κ3) is 2.80. The summed E-state index contributed by atoms with van der Waals surface area (Å²) in [7, 11) is 1.63. The molecule has 1 aliphatic heterocycles. The number of aromatic nitrogens is 3. The fraction of sp³-hybridized carbons (Fsp3) is 0.500. The highest BCUT2D eigenvalue weighted by molar-refractivity contribution is 5.16. The van der Waals surface area contributed by atoms with E-state index in [1.54, 1.807) is 7.11 Å². The third-order valence-electron chi connectivity index (χ3n) is 3.54. The van der Waals surface area contributed by atoms with Gasteiger partial charge in [0.1, 0.15) is 0 Å². The average molecular weight is 274 g/mol. The average Bonchev–Trinajstić information content (AvgIpc) is 3.08. The number of methoxy groups -OCH3 is 1. The molecule has 6 heteroatoms. The van der Waals surface area contributed by atoms with E-state index in [2.05, 4.69) is 20.0 Å². The summed E-state index contributed by atoms with van der Waals surface area (Å²) in [6.07, 6.45) is 1.05. The number of hydrogen-bond acceptors (Lipinski definition) is 6. The van der Waals surface area contributed by atoms with Gasteiger partial charge in [0.2, 0.25) is 11.8 Å². The van der Waals surface area contributed by atoms with Crippen LogP contribution in [0.3, 0.4) is 0 Å². The molecule has 1 atom stereocenters. The largest absolute Gasteiger partial charge is 0.481 e. The SMILES string of the molecule is COc1cccc(CN2CCC(c3nc(C)no3)C2)n1. The molecule has 0 bridgehead atoms. The molecule has 1 unspecified atom stereocenters. The molecule has 2 aromatic rings. The van der Waals surface area contributed by atoms with Gasteiger partial charge in [-0.1, -0.05) is 11.2 Å². The van der Waals surface area contributed by atoms with Crippen molar-refractivity contribution >= 4 is 0 Å². The maximum atomic E-state index is 5.26. The van der Waals surface area contributed by atoms with Crippen molar-refractivity contribution in [1.82, 2.24) is 20.0 Å². The molecule has 0 aliphatic carbocycles. The van der Waals surface area contributed by atoms with Gasteiger partial charge >= 0.3 is 0 Å². The Balaban J connectivity index is 1.62. The maximum absolute atomic E-state index is 5.26. The molecule has 3 heterocycles. The Bertz CT molecular complexity index is 584. The first kappa shape index (κ1) is 13.1. The molecule has 1 fully saturated rings. The molecule has 0 amide bonds. The molecule has 1 saturated heterocycles. The lowest BCUT2D eigenvalue weighted by molar-refractivity contribution is 0.304. The predicted molar refractivity (Wildman–Crippen MR) is 72.5 cm³/mol. The summed E-state index contributed by atoms with van der Waals surface area (Å²) in [5.41, 5.74) is 1.02. The Kier molecular flexibility index (Phi) is 3.64. The number of rotatable bonds is 4. The van der Waals surface area contributed by atoms with Crippen LogP contribution < -0.4 is 4.74 Å². The van der Waals surface area contributed by atoms with E-state index in [0.29, 0.717) is 17.6 Å². The Hall–Kier alpha value is -1.95. The summed E-state index contributed by atoms with van der Waals surface area (Å²) in [6, 6.07) is 5.85. The number of aryl methyl sites for hydroxylation is 1. The number of hydrogen-bond donors (Lipinski definition) is 0. The van der Waals surface area contributed by atoms with Gasteiger partial charge in [0, 0.05) is 19.2 Å². The van der Waals surface area contributed by atoms with Crippen LogP contribution in [-0.2, 0) is 6.54 Å². The Labute approximate surface area is 117 Å². The molecule has 2 aromatic heterocycles. The highest BCUT2D eigenvalue weighted by Gasteiger charge is 2.28. The van der Waals surface area contributed by atoms with Gasteiger partial charge in [0.05, 0.1) is 18.7 Å². The van der Waals surface area contributed by atoms with Crippen molar-refractivity contribution < 1.29 is 9.26 Å². The van der Waals surface area contributed by atoms with Crippen LogP contribution in [0, 0.1) is 6.92 Å². The van der Waals surface area contributed by atoms with E-state index < -0.39 is 0 Å². The number of likely N-dealkylation sites (tertiary alicyclic amines) is 1. The van der Waals surface area contributed by atoms with Gasteiger partial charge in [0.15, 0.2) is 5.82 Å². The van der Waals surface area contributed by atoms with Crippen LogP contribution in [-0.4, -0.2) is 40.2 Å². The van der Waals surface area contributed by atoms with Crippen LogP contribution >= 0.6 is 0 Å². The number of ether oxygens (including phenoxy) is 1. The second kappa shape index (κ2) is 5.58. The predicted octanol–water partition coefficient (Wildman–Crippen LogP) is 1.77. The number of pyridine rings is 1. The highest BCUT2D eigenvalue weighted by Crippen LogP contribution is 2.26. The standard InChI is InChI=1S/C14H18N4O2/c1-10-15-14(20-17-10)11-6-7-18(8-11)9-12-4-3-5-13(16-12)19-2/h3-5,11H,6-9H2,1-2H3. The van der Waals surface area contributed by atoms with Crippen molar-refractivity contribution in [1.29, 1.82) is 0 Å². The normalized spacial score (nSPS) is 19.4. The summed E-state index contributed by atoms with van der Waals surface area (Å²) in [5.74, 6) is 2.45. The van der Waals surface area contributed by atoms with E-state index >= 15 is 0 Å². The number of nitrogens with zero attached hydrogens (tertiary/aromatic N) is 4. The monoisotopic (exact) mass is 274 g/mol. The topological polar surface area (TPSA) is 64.3 Å². The minimum atomic E-state index is 0.335. The van der Waals surface area contributed by atoms with Crippen LogP contribution in [0.1, 0.15) is 29.7 Å². The first-order chi connectivity index (χ1) is 9.74. The van der Waals surface area contributed by atoms with Crippen LogP contribution in [0.4, 0.5) is 0 Å². The molecular weight excluding hydrogens is 256 g/mol. The lowest BCUT2D eigenvalue weighted by Crippen LogP contribution is -2.20. The first-order valence-electron chi connectivity index (χ1n) is 6.77. The highest BCUT2D eigenvalue weighted by atomic mass is 16.5. The molecule has 0 saturated carbocycles. The quantitative estimate of drug-likeness (QED) is 0.846. The van der Waals surface area contributed by atoms with Crippen LogP contribution in [0.2, 0.25) is 0 Å². The maximum Gasteiger partial charge on any atom is 0.231 e. The van der Waals surface area contributed by atoms with Crippen LogP contribution in [0.5, 0.6) is 5.88 Å². The molecule has 6 nitrogen and oxygen atoms in total. The van der Waals surface area contributed by atoms with Crippen molar-refractivity contribution in [2.24, 2.45) is 0 Å². The van der Waals surface area contributed by atoms with E-state index in [9.17, 15) is 0 Å². The molecular formula is C14H18N4O2. The molecule has 3 rings (SSSR count). The van der Waals surface area contributed by atoms with E-state index in [1.165, 1.54) is 0 Å². The van der Waals surface area contributed by atoms with Gasteiger partial charge in [-0.3, -0.25) is 4.90 Å².